The summed E-state index contributed by atoms with van der Waals surface area (Å²) >= 11 is 0. The Balaban J connectivity index is 2.92. The molecule has 0 bridgehead atoms. The molecular formula is C14H28N4O2S. The maximum Gasteiger partial charge on any atom is 0.260 e. The van der Waals surface area contributed by atoms with Crippen molar-refractivity contribution in [1.29, 1.82) is 0 Å². The maximum atomic E-state index is 12.8. The normalized spacial score (nSPS) is 13.8. The molecule has 1 unspecified atom stereocenters. The molecule has 0 amide bonds. The Kier molecular flexibility index (Phi) is 7.34. The SMILES string of the molecule is CCCNCc1cn[nH]c1S(=O)(=O)N(CC)CC(C)CC. The topological polar surface area (TPSA) is 78.1 Å². The first-order chi connectivity index (χ1) is 9.97. The van der Waals surface area contributed by atoms with Crippen LogP contribution in [0.4, 0.5) is 0 Å². The second kappa shape index (κ2) is 8.51. The van der Waals surface area contributed by atoms with Gasteiger partial charge in [-0.3, -0.25) is 5.10 Å². The zero-order chi connectivity index (χ0) is 15.9. The van der Waals surface area contributed by atoms with E-state index in [4.69, 9.17) is 0 Å². The van der Waals surface area contributed by atoms with Gasteiger partial charge in [-0.1, -0.05) is 34.1 Å². The van der Waals surface area contributed by atoms with Gasteiger partial charge >= 0.3 is 0 Å². The molecule has 0 aliphatic rings. The van der Waals surface area contributed by atoms with Crippen molar-refractivity contribution in [2.75, 3.05) is 19.6 Å². The van der Waals surface area contributed by atoms with Crippen molar-refractivity contribution in [3.8, 4) is 0 Å². The van der Waals surface area contributed by atoms with Crippen LogP contribution in [0.5, 0.6) is 0 Å². The molecule has 1 aromatic rings. The molecule has 0 fully saturated rings. The van der Waals surface area contributed by atoms with E-state index in [1.165, 1.54) is 4.31 Å². The molecular weight excluding hydrogens is 288 g/mol. The Morgan fingerprint density at radius 1 is 1.38 bits per heavy atom. The Labute approximate surface area is 128 Å². The van der Waals surface area contributed by atoms with Crippen LogP contribution in [0, 0.1) is 5.92 Å². The fourth-order valence-corrected chi connectivity index (χ4v) is 3.72. The van der Waals surface area contributed by atoms with E-state index >= 15 is 0 Å². The lowest BCUT2D eigenvalue weighted by atomic mass is 10.1. The van der Waals surface area contributed by atoms with Gasteiger partial charge in [0.2, 0.25) is 0 Å². The summed E-state index contributed by atoms with van der Waals surface area (Å²) in [7, 11) is -3.51. The molecule has 0 aliphatic heterocycles. The molecule has 0 radical (unpaired) electrons. The van der Waals surface area contributed by atoms with Gasteiger partial charge < -0.3 is 5.32 Å². The van der Waals surface area contributed by atoms with Crippen LogP contribution in [0.1, 0.15) is 46.1 Å². The van der Waals surface area contributed by atoms with Gasteiger partial charge in [0.15, 0.2) is 5.03 Å². The Hall–Kier alpha value is -0.920. The molecule has 1 atom stereocenters. The van der Waals surface area contributed by atoms with Gasteiger partial charge in [0, 0.05) is 25.2 Å². The van der Waals surface area contributed by atoms with Crippen LogP contribution in [0.15, 0.2) is 11.2 Å². The lowest BCUT2D eigenvalue weighted by Gasteiger charge is -2.23. The zero-order valence-corrected chi connectivity index (χ0v) is 14.3. The molecule has 6 nitrogen and oxygen atoms in total. The fourth-order valence-electron chi connectivity index (χ4n) is 2.05. The highest BCUT2D eigenvalue weighted by molar-refractivity contribution is 7.89. The average molecular weight is 316 g/mol. The lowest BCUT2D eigenvalue weighted by molar-refractivity contribution is 0.360. The molecule has 2 N–H and O–H groups in total. The van der Waals surface area contributed by atoms with Crippen LogP contribution in [-0.4, -0.2) is 42.6 Å². The minimum Gasteiger partial charge on any atom is -0.313 e. The van der Waals surface area contributed by atoms with Gasteiger partial charge in [-0.2, -0.15) is 9.40 Å². The van der Waals surface area contributed by atoms with Crippen LogP contribution in [-0.2, 0) is 16.6 Å². The highest BCUT2D eigenvalue weighted by Gasteiger charge is 2.28. The Morgan fingerprint density at radius 2 is 2.10 bits per heavy atom. The van der Waals surface area contributed by atoms with Crippen LogP contribution >= 0.6 is 0 Å². The molecule has 7 heteroatoms. The van der Waals surface area contributed by atoms with E-state index in [1.54, 1.807) is 6.20 Å². The second-order valence-corrected chi connectivity index (χ2v) is 7.25. The zero-order valence-electron chi connectivity index (χ0n) is 13.5. The minimum atomic E-state index is -3.51. The summed E-state index contributed by atoms with van der Waals surface area (Å²) in [6.07, 6.45) is 3.56. The molecule has 21 heavy (non-hydrogen) atoms. The largest absolute Gasteiger partial charge is 0.313 e. The number of H-pyrrole nitrogens is 1. The summed E-state index contributed by atoms with van der Waals surface area (Å²) in [5, 5.41) is 10.0. The summed E-state index contributed by atoms with van der Waals surface area (Å²) < 4.78 is 27.0. The number of nitrogens with zero attached hydrogens (tertiary/aromatic N) is 2. The van der Waals surface area contributed by atoms with Gasteiger partial charge in [0.1, 0.15) is 0 Å². The van der Waals surface area contributed by atoms with E-state index < -0.39 is 10.0 Å². The molecule has 0 saturated carbocycles. The van der Waals surface area contributed by atoms with Gasteiger partial charge in [0.05, 0.1) is 6.20 Å². The van der Waals surface area contributed by atoms with E-state index in [0.717, 1.165) is 19.4 Å². The first kappa shape index (κ1) is 18.1. The predicted octanol–water partition coefficient (Wildman–Crippen LogP) is 1.97. The highest BCUT2D eigenvalue weighted by atomic mass is 32.2. The lowest BCUT2D eigenvalue weighted by Crippen LogP contribution is -2.35. The van der Waals surface area contributed by atoms with Crippen LogP contribution in [0.3, 0.4) is 0 Å². The first-order valence-electron chi connectivity index (χ1n) is 7.70. The molecule has 0 spiro atoms. The van der Waals surface area contributed by atoms with Gasteiger partial charge in [0.25, 0.3) is 10.0 Å². The first-order valence-corrected chi connectivity index (χ1v) is 9.14. The van der Waals surface area contributed by atoms with Crippen LogP contribution < -0.4 is 5.32 Å². The Morgan fingerprint density at radius 3 is 2.67 bits per heavy atom. The van der Waals surface area contributed by atoms with E-state index in [0.29, 0.717) is 31.1 Å². The minimum absolute atomic E-state index is 0.219. The van der Waals surface area contributed by atoms with Crippen LogP contribution in [0.25, 0.3) is 0 Å². The van der Waals surface area contributed by atoms with Crippen molar-refractivity contribution in [3.63, 3.8) is 0 Å². The van der Waals surface area contributed by atoms with Crippen molar-refractivity contribution in [3.05, 3.63) is 11.8 Å². The summed E-state index contributed by atoms with van der Waals surface area (Å²) in [4.78, 5) is 0. The highest BCUT2D eigenvalue weighted by Crippen LogP contribution is 2.19. The Bertz CT molecular complexity index is 513. The predicted molar refractivity (Wildman–Crippen MR) is 84.5 cm³/mol. The fraction of sp³-hybridized carbons (Fsp3) is 0.786. The smallest absolute Gasteiger partial charge is 0.260 e. The summed E-state index contributed by atoms with van der Waals surface area (Å²) in [6, 6.07) is 0. The van der Waals surface area contributed by atoms with Crippen molar-refractivity contribution in [2.24, 2.45) is 5.92 Å². The third-order valence-electron chi connectivity index (χ3n) is 3.58. The van der Waals surface area contributed by atoms with Gasteiger partial charge in [-0.15, -0.1) is 0 Å². The van der Waals surface area contributed by atoms with E-state index in [-0.39, 0.29) is 5.03 Å². The van der Waals surface area contributed by atoms with Crippen LogP contribution in [0.2, 0.25) is 0 Å². The van der Waals surface area contributed by atoms with Crippen molar-refractivity contribution in [1.82, 2.24) is 19.8 Å². The number of aromatic nitrogens is 2. The van der Waals surface area contributed by atoms with E-state index in [1.807, 2.05) is 6.92 Å². The molecule has 1 heterocycles. The maximum absolute atomic E-state index is 12.8. The number of hydrogen-bond acceptors (Lipinski definition) is 4. The quantitative estimate of drug-likeness (QED) is 0.647. The summed E-state index contributed by atoms with van der Waals surface area (Å²) in [6.45, 7) is 10.4. The average Bonchev–Trinajstić information content (AvgIpc) is 2.93. The molecule has 0 saturated heterocycles. The summed E-state index contributed by atoms with van der Waals surface area (Å²) in [5.74, 6) is 0.337. The van der Waals surface area contributed by atoms with E-state index in [2.05, 4.69) is 36.3 Å². The van der Waals surface area contributed by atoms with Gasteiger partial charge in [-0.05, 0) is 18.9 Å². The van der Waals surface area contributed by atoms with Gasteiger partial charge in [-0.25, -0.2) is 8.42 Å². The number of nitrogens with one attached hydrogen (secondary N) is 2. The number of rotatable bonds is 10. The number of aromatic amines is 1. The van der Waals surface area contributed by atoms with Crippen molar-refractivity contribution < 1.29 is 8.42 Å². The second-order valence-electron chi connectivity index (χ2n) is 5.37. The molecule has 1 aromatic heterocycles. The molecule has 0 aromatic carbocycles. The third kappa shape index (κ3) is 4.79. The number of hydrogen-bond donors (Lipinski definition) is 2. The molecule has 122 valence electrons. The van der Waals surface area contributed by atoms with Crippen molar-refractivity contribution in [2.45, 2.75) is 52.1 Å². The van der Waals surface area contributed by atoms with Crippen molar-refractivity contribution >= 4 is 10.0 Å². The van der Waals surface area contributed by atoms with E-state index in [9.17, 15) is 8.42 Å². The molecule has 0 aliphatic carbocycles. The third-order valence-corrected chi connectivity index (χ3v) is 5.54. The summed E-state index contributed by atoms with van der Waals surface area (Å²) in [5.41, 5.74) is 0.700. The monoisotopic (exact) mass is 316 g/mol. The number of sulfonamides is 1. The standard InChI is InChI=1S/C14H28N4O2S/c1-5-8-15-9-13-10-16-17-14(13)21(19,20)18(7-3)11-12(4)6-2/h10,12,15H,5-9,11H2,1-4H3,(H,16,17). The molecule has 1 rings (SSSR count).